The number of rotatable bonds is 3. The molecule has 1 aliphatic rings. The van der Waals surface area contributed by atoms with Crippen LogP contribution in [0.3, 0.4) is 0 Å². The van der Waals surface area contributed by atoms with E-state index in [1.165, 1.54) is 0 Å². The van der Waals surface area contributed by atoms with Gasteiger partial charge in [0.15, 0.2) is 6.29 Å². The van der Waals surface area contributed by atoms with Gasteiger partial charge >= 0.3 is 0 Å². The summed E-state index contributed by atoms with van der Waals surface area (Å²) in [5, 5.41) is 40.7. The summed E-state index contributed by atoms with van der Waals surface area (Å²) in [5.74, 6) is -0.507. The van der Waals surface area contributed by atoms with Crippen molar-refractivity contribution in [1.82, 2.24) is 5.32 Å². The fourth-order valence-corrected chi connectivity index (χ4v) is 2.08. The van der Waals surface area contributed by atoms with Crippen LogP contribution in [0.15, 0.2) is 30.3 Å². The van der Waals surface area contributed by atoms with Crippen molar-refractivity contribution >= 4 is 5.91 Å². The molecule has 1 aromatic rings. The highest BCUT2D eigenvalue weighted by molar-refractivity contribution is 5.94. The van der Waals surface area contributed by atoms with Crippen LogP contribution in [0.1, 0.15) is 10.4 Å². The molecule has 1 saturated heterocycles. The number of amides is 1. The first-order valence-corrected chi connectivity index (χ1v) is 6.21. The summed E-state index contributed by atoms with van der Waals surface area (Å²) in [6.45, 7) is -0.547. The third kappa shape index (κ3) is 2.97. The van der Waals surface area contributed by atoms with Gasteiger partial charge in [0.25, 0.3) is 5.91 Å². The van der Waals surface area contributed by atoms with E-state index in [2.05, 4.69) is 5.32 Å². The van der Waals surface area contributed by atoms with Crippen LogP contribution in [0.2, 0.25) is 0 Å². The van der Waals surface area contributed by atoms with E-state index in [0.717, 1.165) is 0 Å². The summed E-state index contributed by atoms with van der Waals surface area (Å²) in [6, 6.07) is 7.07. The zero-order valence-corrected chi connectivity index (χ0v) is 10.6. The lowest BCUT2D eigenvalue weighted by atomic mass is 9.97. The molecule has 1 aliphatic heterocycles. The van der Waals surface area contributed by atoms with Gasteiger partial charge in [-0.1, -0.05) is 18.2 Å². The Labute approximate surface area is 115 Å². The van der Waals surface area contributed by atoms with Crippen molar-refractivity contribution in [2.45, 2.75) is 30.6 Å². The fraction of sp³-hybridized carbons (Fsp3) is 0.462. The predicted octanol–water partition coefficient (Wildman–Crippen LogP) is -1.78. The second-order valence-corrected chi connectivity index (χ2v) is 4.59. The minimum absolute atomic E-state index is 0.352. The molecule has 1 heterocycles. The molecule has 0 radical (unpaired) electrons. The number of hydrogen-bond donors (Lipinski definition) is 5. The summed E-state index contributed by atoms with van der Waals surface area (Å²) in [7, 11) is 0. The average molecular weight is 283 g/mol. The van der Waals surface area contributed by atoms with Crippen molar-refractivity contribution < 1.29 is 30.0 Å². The van der Waals surface area contributed by atoms with Gasteiger partial charge in [0.1, 0.15) is 24.4 Å². The first-order chi connectivity index (χ1) is 9.54. The summed E-state index contributed by atoms with van der Waals surface area (Å²) in [6.07, 6.45) is -5.45. The lowest BCUT2D eigenvalue weighted by Crippen LogP contribution is -2.64. The molecule has 1 fully saturated rings. The molecule has 5 atom stereocenters. The molecular weight excluding hydrogens is 266 g/mol. The van der Waals surface area contributed by atoms with E-state index < -0.39 is 43.2 Å². The van der Waals surface area contributed by atoms with E-state index in [9.17, 15) is 20.1 Å². The molecule has 0 spiro atoms. The van der Waals surface area contributed by atoms with Gasteiger partial charge < -0.3 is 30.5 Å². The van der Waals surface area contributed by atoms with Gasteiger partial charge in [-0.3, -0.25) is 4.79 Å². The van der Waals surface area contributed by atoms with Crippen molar-refractivity contribution in [3.8, 4) is 0 Å². The molecule has 20 heavy (non-hydrogen) atoms. The zero-order chi connectivity index (χ0) is 14.7. The normalized spacial score (nSPS) is 33.7. The molecule has 0 aliphatic carbocycles. The topological polar surface area (TPSA) is 119 Å². The van der Waals surface area contributed by atoms with Crippen molar-refractivity contribution in [3.05, 3.63) is 35.9 Å². The fourth-order valence-electron chi connectivity index (χ4n) is 2.08. The number of carbonyl (C=O) groups excluding carboxylic acids is 1. The molecule has 7 heteroatoms. The van der Waals surface area contributed by atoms with E-state index in [-0.39, 0.29) is 0 Å². The molecule has 5 N–H and O–H groups in total. The number of benzene rings is 1. The van der Waals surface area contributed by atoms with E-state index in [0.29, 0.717) is 5.56 Å². The maximum absolute atomic E-state index is 11.9. The molecule has 0 unspecified atom stereocenters. The summed E-state index contributed by atoms with van der Waals surface area (Å²) >= 11 is 0. The second-order valence-electron chi connectivity index (χ2n) is 4.59. The standard InChI is InChI=1S/C13H17NO6/c15-6-8-10(16)11(17)9(13(19)20-8)14-12(18)7-4-2-1-3-5-7/h1-5,8-11,13,15-17,19H,6H2,(H,14,18)/t8-,9-,10-,11+,13-/m1/s1. The molecule has 110 valence electrons. The minimum Gasteiger partial charge on any atom is -0.394 e. The van der Waals surface area contributed by atoms with E-state index in [1.54, 1.807) is 30.3 Å². The molecule has 1 amide bonds. The Morgan fingerprint density at radius 2 is 1.80 bits per heavy atom. The van der Waals surface area contributed by atoms with Crippen LogP contribution in [0.5, 0.6) is 0 Å². The largest absolute Gasteiger partial charge is 0.394 e. The number of aliphatic hydroxyl groups excluding tert-OH is 4. The van der Waals surface area contributed by atoms with Crippen LogP contribution in [-0.2, 0) is 4.74 Å². The summed E-state index contributed by atoms with van der Waals surface area (Å²) in [4.78, 5) is 11.9. The molecule has 1 aromatic carbocycles. The van der Waals surface area contributed by atoms with Crippen molar-refractivity contribution in [1.29, 1.82) is 0 Å². The van der Waals surface area contributed by atoms with Gasteiger partial charge in [0.2, 0.25) is 0 Å². The Kier molecular flexibility index (Phi) is 4.69. The lowest BCUT2D eigenvalue weighted by molar-refractivity contribution is -0.252. The molecular formula is C13H17NO6. The highest BCUT2D eigenvalue weighted by Crippen LogP contribution is 2.20. The van der Waals surface area contributed by atoms with Gasteiger partial charge in [-0.05, 0) is 12.1 Å². The first-order valence-electron chi connectivity index (χ1n) is 6.21. The summed E-state index contributed by atoms with van der Waals surface area (Å²) < 4.78 is 4.95. The first kappa shape index (κ1) is 14.9. The van der Waals surface area contributed by atoms with Crippen molar-refractivity contribution in [3.63, 3.8) is 0 Å². The second kappa shape index (κ2) is 6.29. The van der Waals surface area contributed by atoms with Gasteiger partial charge in [-0.15, -0.1) is 0 Å². The predicted molar refractivity (Wildman–Crippen MR) is 67.7 cm³/mol. The average Bonchev–Trinajstić information content (AvgIpc) is 2.48. The Hall–Kier alpha value is -1.51. The van der Waals surface area contributed by atoms with Gasteiger partial charge in [-0.25, -0.2) is 0 Å². The van der Waals surface area contributed by atoms with E-state index in [1.807, 2.05) is 0 Å². The molecule has 0 aromatic heterocycles. The Morgan fingerprint density at radius 1 is 1.15 bits per heavy atom. The van der Waals surface area contributed by atoms with Crippen LogP contribution < -0.4 is 5.32 Å². The number of hydrogen-bond acceptors (Lipinski definition) is 6. The third-order valence-electron chi connectivity index (χ3n) is 3.23. The van der Waals surface area contributed by atoms with E-state index >= 15 is 0 Å². The highest BCUT2D eigenvalue weighted by Gasteiger charge is 2.44. The number of aliphatic hydroxyl groups is 4. The molecule has 0 saturated carbocycles. The maximum Gasteiger partial charge on any atom is 0.251 e. The van der Waals surface area contributed by atoms with E-state index in [4.69, 9.17) is 9.84 Å². The van der Waals surface area contributed by atoms with Crippen LogP contribution in [0.4, 0.5) is 0 Å². The third-order valence-corrected chi connectivity index (χ3v) is 3.23. The quantitative estimate of drug-likeness (QED) is 0.447. The van der Waals surface area contributed by atoms with Crippen LogP contribution in [0.25, 0.3) is 0 Å². The molecule has 2 rings (SSSR count). The van der Waals surface area contributed by atoms with Crippen LogP contribution in [-0.4, -0.2) is 63.6 Å². The Bertz CT molecular complexity index is 453. The lowest BCUT2D eigenvalue weighted by Gasteiger charge is -2.40. The Morgan fingerprint density at radius 3 is 2.40 bits per heavy atom. The smallest absolute Gasteiger partial charge is 0.251 e. The van der Waals surface area contributed by atoms with Gasteiger partial charge in [0, 0.05) is 5.56 Å². The molecule has 7 nitrogen and oxygen atoms in total. The van der Waals surface area contributed by atoms with Gasteiger partial charge in [0.05, 0.1) is 6.61 Å². The van der Waals surface area contributed by atoms with Crippen molar-refractivity contribution in [2.75, 3.05) is 6.61 Å². The Balaban J connectivity index is 2.07. The minimum atomic E-state index is -1.52. The van der Waals surface area contributed by atoms with Crippen molar-refractivity contribution in [2.24, 2.45) is 0 Å². The molecule has 0 bridgehead atoms. The number of nitrogens with one attached hydrogen (secondary N) is 1. The van der Waals surface area contributed by atoms with Crippen LogP contribution >= 0.6 is 0 Å². The van der Waals surface area contributed by atoms with Gasteiger partial charge in [-0.2, -0.15) is 0 Å². The highest BCUT2D eigenvalue weighted by atomic mass is 16.6. The summed E-state index contributed by atoms with van der Waals surface area (Å²) in [5.41, 5.74) is 0.352. The SMILES string of the molecule is O=C(N[C@@H]1[C@H](O)[C@H](O)[C@@H](CO)O[C@H]1O)c1ccccc1. The zero-order valence-electron chi connectivity index (χ0n) is 10.6. The number of carbonyl (C=O) groups is 1. The number of ether oxygens (including phenoxy) is 1. The van der Waals surface area contributed by atoms with Crippen LogP contribution in [0, 0.1) is 0 Å². The maximum atomic E-state index is 11.9. The monoisotopic (exact) mass is 283 g/mol.